The molecular weight excluding hydrogens is 176 g/mol. The Kier molecular flexibility index (Phi) is 1.56. The van der Waals surface area contributed by atoms with Crippen LogP contribution in [0.25, 0.3) is 0 Å². The predicted molar refractivity (Wildman–Crippen MR) is 53.0 cm³/mol. The molecule has 2 aliphatic carbocycles. The number of rotatable bonds is 1. The molecule has 0 saturated heterocycles. The van der Waals surface area contributed by atoms with Gasteiger partial charge >= 0.3 is 0 Å². The van der Waals surface area contributed by atoms with E-state index in [-0.39, 0.29) is 18.4 Å². The molecule has 2 N–H and O–H groups in total. The number of hydrogen-bond donors (Lipinski definition) is 2. The van der Waals surface area contributed by atoms with E-state index in [1.807, 2.05) is 12.1 Å². The Morgan fingerprint density at radius 2 is 2.14 bits per heavy atom. The number of aliphatic hydroxyl groups excluding tert-OH is 1. The van der Waals surface area contributed by atoms with Crippen LogP contribution in [-0.2, 0) is 6.42 Å². The van der Waals surface area contributed by atoms with Gasteiger partial charge < -0.3 is 10.2 Å². The average molecular weight is 190 g/mol. The highest BCUT2D eigenvalue weighted by atomic mass is 16.3. The minimum absolute atomic E-state index is 0.184. The van der Waals surface area contributed by atoms with Crippen molar-refractivity contribution >= 4 is 0 Å². The van der Waals surface area contributed by atoms with Crippen LogP contribution in [0.15, 0.2) is 24.3 Å². The molecule has 0 radical (unpaired) electrons. The SMILES string of the molecule is OC[C@@H]1C[C@@]2(O)Cc3ccccc3[C@@H]12. The normalized spacial score (nSPS) is 38.7. The molecule has 0 aromatic heterocycles. The summed E-state index contributed by atoms with van der Waals surface area (Å²) in [6, 6.07) is 8.19. The monoisotopic (exact) mass is 190 g/mol. The van der Waals surface area contributed by atoms with Gasteiger partial charge in [0.05, 0.1) is 5.60 Å². The van der Waals surface area contributed by atoms with Crippen molar-refractivity contribution in [1.82, 2.24) is 0 Å². The fourth-order valence-corrected chi connectivity index (χ4v) is 3.20. The van der Waals surface area contributed by atoms with Gasteiger partial charge in [0, 0.05) is 18.9 Å². The van der Waals surface area contributed by atoms with Crippen molar-refractivity contribution in [2.24, 2.45) is 5.92 Å². The van der Waals surface area contributed by atoms with Crippen LogP contribution in [0.1, 0.15) is 23.5 Å². The zero-order valence-electron chi connectivity index (χ0n) is 7.98. The summed E-state index contributed by atoms with van der Waals surface area (Å²) in [5.74, 6) is 0.451. The number of hydrogen-bond acceptors (Lipinski definition) is 2. The van der Waals surface area contributed by atoms with E-state index in [1.54, 1.807) is 0 Å². The fraction of sp³-hybridized carbons (Fsp3) is 0.500. The standard InChI is InChI=1S/C12H14O2/c13-7-9-6-12(14)5-8-3-1-2-4-10(8)11(9)12/h1-4,9,11,13-14H,5-7H2/t9-,11+,12-/m0/s1. The van der Waals surface area contributed by atoms with Gasteiger partial charge in [0.2, 0.25) is 0 Å². The first-order valence-electron chi connectivity index (χ1n) is 5.16. The third-order valence-corrected chi connectivity index (χ3v) is 3.79. The molecule has 2 aliphatic rings. The van der Waals surface area contributed by atoms with Gasteiger partial charge in [-0.3, -0.25) is 0 Å². The van der Waals surface area contributed by atoms with Crippen molar-refractivity contribution in [2.45, 2.75) is 24.4 Å². The van der Waals surface area contributed by atoms with E-state index in [1.165, 1.54) is 11.1 Å². The second-order valence-electron chi connectivity index (χ2n) is 4.60. The highest BCUT2D eigenvalue weighted by Crippen LogP contribution is 2.57. The third kappa shape index (κ3) is 0.877. The molecule has 0 aliphatic heterocycles. The minimum atomic E-state index is -0.545. The molecule has 0 heterocycles. The summed E-state index contributed by atoms with van der Waals surface area (Å²) >= 11 is 0. The number of aliphatic hydroxyl groups is 2. The fourth-order valence-electron chi connectivity index (χ4n) is 3.20. The van der Waals surface area contributed by atoms with Crippen LogP contribution < -0.4 is 0 Å². The van der Waals surface area contributed by atoms with Gasteiger partial charge in [-0.1, -0.05) is 24.3 Å². The van der Waals surface area contributed by atoms with Gasteiger partial charge in [-0.05, 0) is 23.5 Å². The van der Waals surface area contributed by atoms with Crippen molar-refractivity contribution < 1.29 is 10.2 Å². The zero-order chi connectivity index (χ0) is 9.76. The average Bonchev–Trinajstić information content (AvgIpc) is 2.38. The van der Waals surface area contributed by atoms with Crippen LogP contribution in [0.3, 0.4) is 0 Å². The van der Waals surface area contributed by atoms with E-state index in [0.717, 1.165) is 12.8 Å². The first kappa shape index (κ1) is 8.45. The first-order chi connectivity index (χ1) is 6.74. The molecule has 0 spiro atoms. The van der Waals surface area contributed by atoms with Crippen molar-refractivity contribution in [3.63, 3.8) is 0 Å². The largest absolute Gasteiger partial charge is 0.396 e. The second kappa shape index (κ2) is 2.59. The van der Waals surface area contributed by atoms with Crippen molar-refractivity contribution in [3.05, 3.63) is 35.4 Å². The molecular formula is C12H14O2. The highest BCUT2D eigenvalue weighted by Gasteiger charge is 2.57. The van der Waals surface area contributed by atoms with Crippen LogP contribution >= 0.6 is 0 Å². The van der Waals surface area contributed by atoms with E-state index in [4.69, 9.17) is 5.11 Å². The Labute approximate surface area is 83.2 Å². The van der Waals surface area contributed by atoms with Gasteiger partial charge in [-0.2, -0.15) is 0 Å². The number of benzene rings is 1. The van der Waals surface area contributed by atoms with E-state index in [9.17, 15) is 5.11 Å². The van der Waals surface area contributed by atoms with Crippen LogP contribution in [0, 0.1) is 5.92 Å². The lowest BCUT2D eigenvalue weighted by molar-refractivity contribution is -0.101. The minimum Gasteiger partial charge on any atom is -0.396 e. The van der Waals surface area contributed by atoms with E-state index in [2.05, 4.69) is 12.1 Å². The maximum absolute atomic E-state index is 10.3. The molecule has 0 unspecified atom stereocenters. The topological polar surface area (TPSA) is 40.5 Å². The lowest BCUT2D eigenvalue weighted by Crippen LogP contribution is -2.51. The smallest absolute Gasteiger partial charge is 0.0763 e. The molecule has 3 rings (SSSR count). The first-order valence-corrected chi connectivity index (χ1v) is 5.16. The molecule has 1 saturated carbocycles. The maximum Gasteiger partial charge on any atom is 0.0763 e. The third-order valence-electron chi connectivity index (χ3n) is 3.79. The van der Waals surface area contributed by atoms with E-state index in [0.29, 0.717) is 0 Å². The molecule has 3 atom stereocenters. The van der Waals surface area contributed by atoms with Gasteiger partial charge in [0.25, 0.3) is 0 Å². The summed E-state index contributed by atoms with van der Waals surface area (Å²) in [5.41, 5.74) is 1.97. The molecule has 1 aromatic rings. The van der Waals surface area contributed by atoms with Crippen molar-refractivity contribution in [1.29, 1.82) is 0 Å². The summed E-state index contributed by atoms with van der Waals surface area (Å²) < 4.78 is 0. The Balaban J connectivity index is 2.04. The molecule has 2 nitrogen and oxygen atoms in total. The molecule has 0 bridgehead atoms. The molecule has 1 fully saturated rings. The lowest BCUT2D eigenvalue weighted by Gasteiger charge is -2.47. The molecule has 1 aromatic carbocycles. The Morgan fingerprint density at radius 3 is 2.93 bits per heavy atom. The van der Waals surface area contributed by atoms with E-state index >= 15 is 0 Å². The van der Waals surface area contributed by atoms with Crippen molar-refractivity contribution in [2.75, 3.05) is 6.61 Å². The quantitative estimate of drug-likeness (QED) is 0.695. The van der Waals surface area contributed by atoms with Gasteiger partial charge in [-0.15, -0.1) is 0 Å². The zero-order valence-corrected chi connectivity index (χ0v) is 7.98. The number of fused-ring (bicyclic) bond motifs is 3. The predicted octanol–water partition coefficient (Wildman–Crippen LogP) is 1.07. The van der Waals surface area contributed by atoms with Gasteiger partial charge in [0.1, 0.15) is 0 Å². The Bertz CT molecular complexity index is 374. The van der Waals surface area contributed by atoms with Crippen LogP contribution in [0.4, 0.5) is 0 Å². The van der Waals surface area contributed by atoms with Gasteiger partial charge in [-0.25, -0.2) is 0 Å². The molecule has 2 heteroatoms. The molecule has 74 valence electrons. The molecule has 14 heavy (non-hydrogen) atoms. The summed E-state index contributed by atoms with van der Waals surface area (Å²) in [6.07, 6.45) is 1.52. The summed E-state index contributed by atoms with van der Waals surface area (Å²) in [7, 11) is 0. The molecule has 0 amide bonds. The highest BCUT2D eigenvalue weighted by molar-refractivity contribution is 5.43. The summed E-state index contributed by atoms with van der Waals surface area (Å²) in [4.78, 5) is 0. The summed E-state index contributed by atoms with van der Waals surface area (Å²) in [6.45, 7) is 0.196. The van der Waals surface area contributed by atoms with Crippen LogP contribution in [-0.4, -0.2) is 22.4 Å². The Morgan fingerprint density at radius 1 is 1.36 bits per heavy atom. The lowest BCUT2D eigenvalue weighted by atomic mass is 9.62. The van der Waals surface area contributed by atoms with Crippen LogP contribution in [0.2, 0.25) is 0 Å². The Hall–Kier alpha value is -0.860. The van der Waals surface area contributed by atoms with Crippen molar-refractivity contribution in [3.8, 4) is 0 Å². The van der Waals surface area contributed by atoms with Gasteiger partial charge in [0.15, 0.2) is 0 Å². The van der Waals surface area contributed by atoms with Crippen LogP contribution in [0.5, 0.6) is 0 Å². The summed E-state index contributed by atoms with van der Waals surface area (Å²) in [5, 5.41) is 19.4. The second-order valence-corrected chi connectivity index (χ2v) is 4.60. The maximum atomic E-state index is 10.3. The van der Waals surface area contributed by atoms with E-state index < -0.39 is 5.60 Å².